The van der Waals surface area contributed by atoms with Crippen LogP contribution in [-0.2, 0) is 4.43 Å². The molecule has 0 radical (unpaired) electrons. The number of hydrogen-bond acceptors (Lipinski definition) is 3. The fourth-order valence-electron chi connectivity index (χ4n) is 4.01. The summed E-state index contributed by atoms with van der Waals surface area (Å²) >= 11 is 0. The zero-order valence-electron chi connectivity index (χ0n) is 17.6. The number of halogens is 2. The number of benzene rings is 2. The van der Waals surface area contributed by atoms with E-state index in [1.165, 1.54) is 0 Å². The minimum Gasteiger partial charge on any atom is -0.400 e. The first-order valence-electron chi connectivity index (χ1n) is 10.0. The second kappa shape index (κ2) is 9.06. The normalized spacial score (nSPS) is 13.4. The SMILES string of the molecule is CC(C)(C)[Si](OC(CC(F)F)c1cccnc1N)(c1ccccc1)c1ccccc1. The molecular formula is C24H28F2N2OSi. The number of rotatable bonds is 7. The lowest BCUT2D eigenvalue weighted by Crippen LogP contribution is -2.67. The molecule has 1 heterocycles. The summed E-state index contributed by atoms with van der Waals surface area (Å²) < 4.78 is 34.2. The van der Waals surface area contributed by atoms with Crippen LogP contribution in [0.5, 0.6) is 0 Å². The molecule has 6 heteroatoms. The molecule has 1 unspecified atom stereocenters. The Kier molecular flexibility index (Phi) is 6.68. The van der Waals surface area contributed by atoms with E-state index in [-0.39, 0.29) is 10.9 Å². The van der Waals surface area contributed by atoms with Crippen molar-refractivity contribution in [1.82, 2.24) is 4.98 Å². The quantitative estimate of drug-likeness (QED) is 0.545. The van der Waals surface area contributed by atoms with E-state index in [4.69, 9.17) is 10.2 Å². The molecule has 0 fully saturated rings. The van der Waals surface area contributed by atoms with Gasteiger partial charge in [0.15, 0.2) is 0 Å². The highest BCUT2D eigenvalue weighted by molar-refractivity contribution is 6.99. The molecule has 1 atom stereocenters. The van der Waals surface area contributed by atoms with Crippen molar-refractivity contribution in [2.24, 2.45) is 0 Å². The number of aromatic nitrogens is 1. The summed E-state index contributed by atoms with van der Waals surface area (Å²) in [7, 11) is -3.00. The van der Waals surface area contributed by atoms with Gasteiger partial charge in [0.25, 0.3) is 8.32 Å². The van der Waals surface area contributed by atoms with Crippen LogP contribution in [-0.4, -0.2) is 19.7 Å². The lowest BCUT2D eigenvalue weighted by atomic mass is 10.1. The third-order valence-electron chi connectivity index (χ3n) is 5.35. The van der Waals surface area contributed by atoms with E-state index < -0.39 is 27.3 Å². The standard InChI is InChI=1S/C24H28F2N2OSi/c1-24(2,3)30(18-11-6-4-7-12-18,19-13-8-5-9-14-19)29-21(17-22(25)26)20-15-10-16-28-23(20)27/h4-16,21-22H,17H2,1-3H3,(H2,27,28). The van der Waals surface area contributed by atoms with E-state index in [0.717, 1.165) is 10.4 Å². The van der Waals surface area contributed by atoms with Crippen molar-refractivity contribution in [3.05, 3.63) is 84.6 Å². The number of nitrogens with zero attached hydrogens (tertiary/aromatic N) is 1. The van der Waals surface area contributed by atoms with E-state index in [2.05, 4.69) is 25.8 Å². The Morgan fingerprint density at radius 3 is 1.87 bits per heavy atom. The molecule has 3 aromatic rings. The summed E-state index contributed by atoms with van der Waals surface area (Å²) in [5, 5.41) is 1.74. The second-order valence-electron chi connectivity index (χ2n) is 8.37. The number of hydrogen-bond donors (Lipinski definition) is 1. The lowest BCUT2D eigenvalue weighted by molar-refractivity contribution is 0.0687. The molecule has 0 bridgehead atoms. The predicted molar refractivity (Wildman–Crippen MR) is 121 cm³/mol. The maximum Gasteiger partial charge on any atom is 0.261 e. The van der Waals surface area contributed by atoms with Gasteiger partial charge in [0.2, 0.25) is 6.43 Å². The second-order valence-corrected chi connectivity index (χ2v) is 12.6. The van der Waals surface area contributed by atoms with Gasteiger partial charge in [0.1, 0.15) is 5.82 Å². The lowest BCUT2D eigenvalue weighted by Gasteiger charge is -2.45. The Balaban J connectivity index is 2.24. The van der Waals surface area contributed by atoms with Gasteiger partial charge < -0.3 is 10.2 Å². The number of nitrogen functional groups attached to an aromatic ring is 1. The number of nitrogens with two attached hydrogens (primary N) is 1. The van der Waals surface area contributed by atoms with E-state index in [9.17, 15) is 8.78 Å². The summed E-state index contributed by atoms with van der Waals surface area (Å²) in [4.78, 5) is 4.11. The first-order valence-corrected chi connectivity index (χ1v) is 11.9. The van der Waals surface area contributed by atoms with Crippen molar-refractivity contribution in [3.8, 4) is 0 Å². The van der Waals surface area contributed by atoms with Crippen LogP contribution in [0.4, 0.5) is 14.6 Å². The Bertz CT molecular complexity index is 907. The first kappa shape index (κ1) is 22.1. The molecule has 0 aliphatic heterocycles. The van der Waals surface area contributed by atoms with Crippen LogP contribution < -0.4 is 16.1 Å². The van der Waals surface area contributed by atoms with Gasteiger partial charge in [-0.25, -0.2) is 13.8 Å². The van der Waals surface area contributed by atoms with E-state index in [0.29, 0.717) is 5.56 Å². The highest BCUT2D eigenvalue weighted by atomic mass is 28.4. The van der Waals surface area contributed by atoms with Gasteiger partial charge >= 0.3 is 0 Å². The summed E-state index contributed by atoms with van der Waals surface area (Å²) in [5.74, 6) is 0.223. The molecule has 158 valence electrons. The fraction of sp³-hybridized carbons (Fsp3) is 0.292. The molecule has 0 aliphatic carbocycles. The van der Waals surface area contributed by atoms with Crippen LogP contribution in [0, 0.1) is 0 Å². The molecule has 0 saturated heterocycles. The number of pyridine rings is 1. The summed E-state index contributed by atoms with van der Waals surface area (Å²) in [6, 6.07) is 23.4. The van der Waals surface area contributed by atoms with Crippen molar-refractivity contribution in [1.29, 1.82) is 0 Å². The molecule has 3 nitrogen and oxygen atoms in total. The fourth-order valence-corrected chi connectivity index (χ4v) is 8.67. The molecule has 0 amide bonds. The van der Waals surface area contributed by atoms with Crippen LogP contribution in [0.25, 0.3) is 0 Å². The van der Waals surface area contributed by atoms with Gasteiger partial charge in [-0.1, -0.05) is 87.5 Å². The average Bonchev–Trinajstić information content (AvgIpc) is 2.71. The third-order valence-corrected chi connectivity index (χ3v) is 10.4. The van der Waals surface area contributed by atoms with E-state index in [1.807, 2.05) is 60.7 Å². The molecular weight excluding hydrogens is 398 g/mol. The Morgan fingerprint density at radius 2 is 1.43 bits per heavy atom. The summed E-state index contributed by atoms with van der Waals surface area (Å²) in [5.41, 5.74) is 6.59. The predicted octanol–water partition coefficient (Wildman–Crippen LogP) is 4.94. The van der Waals surface area contributed by atoms with Gasteiger partial charge in [-0.15, -0.1) is 0 Å². The van der Waals surface area contributed by atoms with Crippen molar-refractivity contribution >= 4 is 24.5 Å². The number of anilines is 1. The zero-order chi connectivity index (χ0) is 21.8. The number of alkyl halides is 2. The van der Waals surface area contributed by atoms with Gasteiger partial charge in [-0.3, -0.25) is 0 Å². The van der Waals surface area contributed by atoms with Crippen molar-refractivity contribution in [3.63, 3.8) is 0 Å². The maximum atomic E-state index is 13.7. The van der Waals surface area contributed by atoms with Crippen LogP contribution in [0.2, 0.25) is 5.04 Å². The minimum atomic E-state index is -3.00. The zero-order valence-corrected chi connectivity index (χ0v) is 18.6. The molecule has 3 rings (SSSR count). The van der Waals surface area contributed by atoms with Crippen LogP contribution in [0.1, 0.15) is 38.9 Å². The largest absolute Gasteiger partial charge is 0.400 e. The van der Waals surface area contributed by atoms with Gasteiger partial charge in [-0.2, -0.15) is 0 Å². The minimum absolute atomic E-state index is 0.223. The van der Waals surface area contributed by atoms with E-state index >= 15 is 0 Å². The Hall–Kier alpha value is -2.57. The van der Waals surface area contributed by atoms with Crippen LogP contribution >= 0.6 is 0 Å². The molecule has 2 aromatic carbocycles. The maximum absolute atomic E-state index is 13.7. The molecule has 0 saturated carbocycles. The van der Waals surface area contributed by atoms with E-state index in [1.54, 1.807) is 18.3 Å². The topological polar surface area (TPSA) is 48.1 Å². The molecule has 0 aliphatic rings. The third kappa shape index (κ3) is 4.44. The highest BCUT2D eigenvalue weighted by Crippen LogP contribution is 2.41. The molecule has 2 N–H and O–H groups in total. The summed E-state index contributed by atoms with van der Waals surface area (Å²) in [6.07, 6.45) is -2.29. The van der Waals surface area contributed by atoms with Crippen LogP contribution in [0.3, 0.4) is 0 Å². The Morgan fingerprint density at radius 1 is 0.900 bits per heavy atom. The molecule has 30 heavy (non-hydrogen) atoms. The first-order chi connectivity index (χ1) is 14.3. The smallest absolute Gasteiger partial charge is 0.261 e. The molecule has 1 aromatic heterocycles. The van der Waals surface area contributed by atoms with Gasteiger partial charge in [-0.05, 0) is 21.5 Å². The van der Waals surface area contributed by atoms with Crippen molar-refractivity contribution in [2.45, 2.75) is 44.8 Å². The van der Waals surface area contributed by atoms with Crippen molar-refractivity contribution < 1.29 is 13.2 Å². The monoisotopic (exact) mass is 426 g/mol. The van der Waals surface area contributed by atoms with Crippen molar-refractivity contribution in [2.75, 3.05) is 5.73 Å². The molecule has 0 spiro atoms. The van der Waals surface area contributed by atoms with Gasteiger partial charge in [0, 0.05) is 18.2 Å². The van der Waals surface area contributed by atoms with Crippen LogP contribution in [0.15, 0.2) is 79.0 Å². The van der Waals surface area contributed by atoms with Gasteiger partial charge in [0.05, 0.1) is 6.10 Å². The highest BCUT2D eigenvalue weighted by Gasteiger charge is 2.52. The Labute approximate surface area is 178 Å². The summed E-state index contributed by atoms with van der Waals surface area (Å²) in [6.45, 7) is 6.35. The average molecular weight is 427 g/mol.